The molecule has 5 nitrogen and oxygen atoms in total. The maximum absolute atomic E-state index is 11.8. The summed E-state index contributed by atoms with van der Waals surface area (Å²) < 4.78 is 5.34. The number of nitrogens with zero attached hydrogens (tertiary/aromatic N) is 1. The van der Waals surface area contributed by atoms with E-state index in [0.717, 1.165) is 11.3 Å². The van der Waals surface area contributed by atoms with Crippen molar-refractivity contribution in [2.45, 2.75) is 33.3 Å². The summed E-state index contributed by atoms with van der Waals surface area (Å²) >= 11 is 0. The molecule has 1 amide bonds. The number of nitrogens with one attached hydrogen (secondary N) is 1. The number of hydrogen-bond acceptors (Lipinski definition) is 4. The Morgan fingerprint density at radius 2 is 2.22 bits per heavy atom. The number of aryl methyl sites for hydroxylation is 2. The van der Waals surface area contributed by atoms with Crippen LogP contribution in [0.25, 0.3) is 0 Å². The van der Waals surface area contributed by atoms with Gasteiger partial charge in [-0.05, 0) is 38.5 Å². The number of hydrogen-bond donors (Lipinski definition) is 2. The van der Waals surface area contributed by atoms with Crippen molar-refractivity contribution in [3.8, 4) is 0 Å². The maximum atomic E-state index is 11.8. The molecule has 0 saturated heterocycles. The second kappa shape index (κ2) is 7.08. The summed E-state index contributed by atoms with van der Waals surface area (Å²) in [5.41, 5.74) is 7.48. The van der Waals surface area contributed by atoms with Gasteiger partial charge in [-0.1, -0.05) is 0 Å². The Balaban J connectivity index is 2.58. The Morgan fingerprint density at radius 1 is 1.50 bits per heavy atom. The zero-order valence-electron chi connectivity index (χ0n) is 11.2. The van der Waals surface area contributed by atoms with E-state index in [2.05, 4.69) is 10.3 Å². The third-order valence-corrected chi connectivity index (χ3v) is 2.44. The van der Waals surface area contributed by atoms with Crippen LogP contribution < -0.4 is 11.1 Å². The van der Waals surface area contributed by atoms with E-state index in [1.807, 2.05) is 32.9 Å². The standard InChI is InChI=1S/C13H21N3O2/c1-4-18-11(8-14)7-13(17)16-12-6-9(2)5-10(3)15-12/h5-6,11H,4,7-8,14H2,1-3H3,(H,15,16,17). The highest BCUT2D eigenvalue weighted by Crippen LogP contribution is 2.10. The number of anilines is 1. The quantitative estimate of drug-likeness (QED) is 0.801. The van der Waals surface area contributed by atoms with Gasteiger partial charge in [0.05, 0.1) is 12.5 Å². The van der Waals surface area contributed by atoms with E-state index in [0.29, 0.717) is 19.0 Å². The molecule has 0 bridgehead atoms. The van der Waals surface area contributed by atoms with Gasteiger partial charge in [0.25, 0.3) is 0 Å². The predicted molar refractivity (Wildman–Crippen MR) is 71.4 cm³/mol. The molecule has 0 radical (unpaired) electrons. The van der Waals surface area contributed by atoms with Gasteiger partial charge in [-0.2, -0.15) is 0 Å². The van der Waals surface area contributed by atoms with Crippen molar-refractivity contribution in [2.75, 3.05) is 18.5 Å². The number of aromatic nitrogens is 1. The molecule has 1 aromatic heterocycles. The molecule has 1 atom stereocenters. The van der Waals surface area contributed by atoms with Gasteiger partial charge in [0.2, 0.25) is 5.91 Å². The molecule has 0 aromatic carbocycles. The molecule has 0 aliphatic rings. The Kier molecular flexibility index (Phi) is 5.74. The number of carbonyl (C=O) groups excluding carboxylic acids is 1. The van der Waals surface area contributed by atoms with Crippen LogP contribution in [-0.4, -0.2) is 30.1 Å². The van der Waals surface area contributed by atoms with E-state index < -0.39 is 0 Å². The van der Waals surface area contributed by atoms with Gasteiger partial charge in [0, 0.05) is 18.8 Å². The minimum absolute atomic E-state index is 0.128. The minimum atomic E-state index is -0.235. The number of nitrogens with two attached hydrogens (primary N) is 1. The van der Waals surface area contributed by atoms with Crippen LogP contribution in [0.4, 0.5) is 5.82 Å². The smallest absolute Gasteiger partial charge is 0.228 e. The molecule has 1 heterocycles. The van der Waals surface area contributed by atoms with Gasteiger partial charge in [-0.25, -0.2) is 4.98 Å². The molecule has 0 aliphatic heterocycles. The fraction of sp³-hybridized carbons (Fsp3) is 0.538. The fourth-order valence-electron chi connectivity index (χ4n) is 1.75. The fourth-order valence-corrected chi connectivity index (χ4v) is 1.75. The first kappa shape index (κ1) is 14.6. The molecular weight excluding hydrogens is 230 g/mol. The highest BCUT2D eigenvalue weighted by molar-refractivity contribution is 5.90. The molecule has 18 heavy (non-hydrogen) atoms. The monoisotopic (exact) mass is 251 g/mol. The van der Waals surface area contributed by atoms with Gasteiger partial charge < -0.3 is 15.8 Å². The predicted octanol–water partition coefficient (Wildman–Crippen LogP) is 1.39. The Morgan fingerprint density at radius 3 is 2.78 bits per heavy atom. The van der Waals surface area contributed by atoms with Gasteiger partial charge >= 0.3 is 0 Å². The topological polar surface area (TPSA) is 77.2 Å². The maximum Gasteiger partial charge on any atom is 0.228 e. The van der Waals surface area contributed by atoms with Crippen molar-refractivity contribution in [3.63, 3.8) is 0 Å². The van der Waals surface area contributed by atoms with E-state index in [9.17, 15) is 4.79 Å². The van der Waals surface area contributed by atoms with Crippen LogP contribution >= 0.6 is 0 Å². The SMILES string of the molecule is CCOC(CN)CC(=O)Nc1cc(C)cc(C)n1. The molecule has 0 spiro atoms. The molecule has 0 saturated carbocycles. The van der Waals surface area contributed by atoms with Crippen LogP contribution in [0.15, 0.2) is 12.1 Å². The summed E-state index contributed by atoms with van der Waals surface area (Å²) in [4.78, 5) is 16.0. The zero-order valence-corrected chi connectivity index (χ0v) is 11.2. The number of amides is 1. The van der Waals surface area contributed by atoms with Crippen molar-refractivity contribution in [1.29, 1.82) is 0 Å². The Labute approximate surface area is 108 Å². The lowest BCUT2D eigenvalue weighted by Crippen LogP contribution is -2.29. The number of rotatable bonds is 6. The molecule has 0 fully saturated rings. The highest BCUT2D eigenvalue weighted by atomic mass is 16.5. The van der Waals surface area contributed by atoms with E-state index in [1.54, 1.807) is 0 Å². The van der Waals surface area contributed by atoms with Crippen LogP contribution in [0.2, 0.25) is 0 Å². The third kappa shape index (κ3) is 4.81. The van der Waals surface area contributed by atoms with Crippen LogP contribution in [0.5, 0.6) is 0 Å². The molecular formula is C13H21N3O2. The van der Waals surface area contributed by atoms with E-state index in [-0.39, 0.29) is 18.4 Å². The van der Waals surface area contributed by atoms with Gasteiger partial charge in [-0.3, -0.25) is 4.79 Å². The second-order valence-corrected chi connectivity index (χ2v) is 4.24. The number of pyridine rings is 1. The van der Waals surface area contributed by atoms with E-state index in [1.165, 1.54) is 0 Å². The first-order valence-electron chi connectivity index (χ1n) is 6.12. The lowest BCUT2D eigenvalue weighted by Gasteiger charge is -2.14. The summed E-state index contributed by atoms with van der Waals surface area (Å²) in [5, 5.41) is 2.76. The third-order valence-electron chi connectivity index (χ3n) is 2.44. The molecule has 100 valence electrons. The van der Waals surface area contributed by atoms with Crippen molar-refractivity contribution >= 4 is 11.7 Å². The molecule has 5 heteroatoms. The van der Waals surface area contributed by atoms with Gasteiger partial charge in [0.1, 0.15) is 5.82 Å². The van der Waals surface area contributed by atoms with Crippen LogP contribution in [-0.2, 0) is 9.53 Å². The first-order valence-corrected chi connectivity index (χ1v) is 6.12. The summed E-state index contributed by atoms with van der Waals surface area (Å²) in [5.74, 6) is 0.446. The normalized spacial score (nSPS) is 12.2. The first-order chi connectivity index (χ1) is 8.55. The molecule has 1 rings (SSSR count). The average molecular weight is 251 g/mol. The minimum Gasteiger partial charge on any atom is -0.377 e. The van der Waals surface area contributed by atoms with Crippen LogP contribution in [0.3, 0.4) is 0 Å². The van der Waals surface area contributed by atoms with E-state index in [4.69, 9.17) is 10.5 Å². The van der Waals surface area contributed by atoms with Crippen LogP contribution in [0.1, 0.15) is 24.6 Å². The number of carbonyl (C=O) groups is 1. The summed E-state index contributed by atoms with van der Waals surface area (Å²) in [6.45, 7) is 6.63. The molecule has 3 N–H and O–H groups in total. The van der Waals surface area contributed by atoms with E-state index >= 15 is 0 Å². The van der Waals surface area contributed by atoms with Crippen LogP contribution in [0, 0.1) is 13.8 Å². The second-order valence-electron chi connectivity index (χ2n) is 4.24. The average Bonchev–Trinajstić information content (AvgIpc) is 2.26. The highest BCUT2D eigenvalue weighted by Gasteiger charge is 2.13. The number of ether oxygens (including phenoxy) is 1. The van der Waals surface area contributed by atoms with Gasteiger partial charge in [0.15, 0.2) is 0 Å². The summed E-state index contributed by atoms with van der Waals surface area (Å²) in [7, 11) is 0. The Bertz CT molecular complexity index is 387. The molecule has 1 unspecified atom stereocenters. The Hall–Kier alpha value is -1.46. The van der Waals surface area contributed by atoms with Crippen molar-refractivity contribution < 1.29 is 9.53 Å². The lowest BCUT2D eigenvalue weighted by molar-refractivity contribution is -0.118. The van der Waals surface area contributed by atoms with Crippen molar-refractivity contribution in [2.24, 2.45) is 5.73 Å². The largest absolute Gasteiger partial charge is 0.377 e. The van der Waals surface area contributed by atoms with Crippen molar-refractivity contribution in [3.05, 3.63) is 23.4 Å². The summed E-state index contributed by atoms with van der Waals surface area (Å²) in [6.07, 6.45) is 0.0137. The summed E-state index contributed by atoms with van der Waals surface area (Å²) in [6, 6.07) is 3.79. The lowest BCUT2D eigenvalue weighted by atomic mass is 10.2. The zero-order chi connectivity index (χ0) is 13.5. The molecule has 1 aromatic rings. The van der Waals surface area contributed by atoms with Gasteiger partial charge in [-0.15, -0.1) is 0 Å². The molecule has 0 aliphatic carbocycles. The van der Waals surface area contributed by atoms with Crippen molar-refractivity contribution in [1.82, 2.24) is 4.98 Å².